The Bertz CT molecular complexity index is 959. The fraction of sp³-hybridized carbons (Fsp3) is 0.375. The highest BCUT2D eigenvalue weighted by atomic mass is 16.5. The number of carbonyl (C=O) groups excluding carboxylic acids is 3. The summed E-state index contributed by atoms with van der Waals surface area (Å²) in [6.45, 7) is 6.42. The van der Waals surface area contributed by atoms with E-state index in [-0.39, 0.29) is 36.7 Å². The Hall–Kier alpha value is -3.35. The number of rotatable bonds is 8. The van der Waals surface area contributed by atoms with Crippen LogP contribution in [0.4, 0.5) is 5.69 Å². The van der Waals surface area contributed by atoms with Crippen LogP contribution in [0.2, 0.25) is 0 Å². The molecule has 164 valence electrons. The maximum Gasteiger partial charge on any atom is 0.306 e. The minimum absolute atomic E-state index is 0.0517. The lowest BCUT2D eigenvalue weighted by atomic mass is 9.87. The third kappa shape index (κ3) is 6.31. The molecule has 7 nitrogen and oxygen atoms in total. The van der Waals surface area contributed by atoms with Crippen LogP contribution in [0, 0.1) is 0 Å². The van der Waals surface area contributed by atoms with Gasteiger partial charge in [-0.05, 0) is 47.7 Å². The van der Waals surface area contributed by atoms with Crippen LogP contribution >= 0.6 is 0 Å². The van der Waals surface area contributed by atoms with Gasteiger partial charge in [0.15, 0.2) is 19.0 Å². The number of esters is 1. The van der Waals surface area contributed by atoms with Crippen molar-refractivity contribution in [3.8, 4) is 11.5 Å². The average molecular weight is 425 g/mol. The van der Waals surface area contributed by atoms with Gasteiger partial charge in [-0.2, -0.15) is 0 Å². The number of Topliss-reactive ketones (excluding diaryl/α,β-unsaturated/α-hetero) is 1. The zero-order valence-corrected chi connectivity index (χ0v) is 18.0. The third-order valence-electron chi connectivity index (χ3n) is 4.81. The second kappa shape index (κ2) is 9.64. The van der Waals surface area contributed by atoms with Crippen molar-refractivity contribution in [3.05, 3.63) is 53.6 Å². The molecule has 1 amide bonds. The van der Waals surface area contributed by atoms with E-state index in [2.05, 4.69) is 26.1 Å². The number of benzene rings is 2. The lowest BCUT2D eigenvalue weighted by Gasteiger charge is -2.19. The fourth-order valence-corrected chi connectivity index (χ4v) is 3.02. The highest BCUT2D eigenvalue weighted by Crippen LogP contribution is 2.28. The molecule has 0 radical (unpaired) electrons. The first-order valence-electron chi connectivity index (χ1n) is 10.2. The van der Waals surface area contributed by atoms with E-state index in [9.17, 15) is 14.4 Å². The topological polar surface area (TPSA) is 90.9 Å². The second-order valence-corrected chi connectivity index (χ2v) is 8.36. The number of ketones is 1. The standard InChI is InChI=1S/C24H27NO6/c1-24(2,3)17-7-9-18(10-8-17)29-12-4-5-23(28)31-14-20(26)16-6-11-21-19(13-16)25-22(27)15-30-21/h6-11,13H,4-5,12,14-15H2,1-3H3,(H,25,27). The van der Waals surface area contributed by atoms with Crippen LogP contribution < -0.4 is 14.8 Å². The van der Waals surface area contributed by atoms with E-state index in [0.29, 0.717) is 30.0 Å². The maximum atomic E-state index is 12.3. The second-order valence-electron chi connectivity index (χ2n) is 8.36. The fourth-order valence-electron chi connectivity index (χ4n) is 3.02. The molecule has 2 aromatic carbocycles. The highest BCUT2D eigenvalue weighted by molar-refractivity contribution is 6.01. The van der Waals surface area contributed by atoms with Crippen molar-refractivity contribution in [2.24, 2.45) is 0 Å². The molecule has 3 rings (SSSR count). The first kappa shape index (κ1) is 22.3. The summed E-state index contributed by atoms with van der Waals surface area (Å²) in [7, 11) is 0. The van der Waals surface area contributed by atoms with E-state index in [1.807, 2.05) is 24.3 Å². The molecule has 0 fully saturated rings. The zero-order valence-electron chi connectivity index (χ0n) is 18.0. The summed E-state index contributed by atoms with van der Waals surface area (Å²) in [5, 5.41) is 2.64. The van der Waals surface area contributed by atoms with Gasteiger partial charge in [-0.25, -0.2) is 0 Å². The number of hydrogen-bond donors (Lipinski definition) is 1. The van der Waals surface area contributed by atoms with Gasteiger partial charge in [0.25, 0.3) is 5.91 Å². The SMILES string of the molecule is CC(C)(C)c1ccc(OCCCC(=O)OCC(=O)c2ccc3c(c2)NC(=O)CO3)cc1. The largest absolute Gasteiger partial charge is 0.494 e. The lowest BCUT2D eigenvalue weighted by molar-refractivity contribution is -0.142. The van der Waals surface area contributed by atoms with Crippen LogP contribution in [0.1, 0.15) is 49.5 Å². The monoisotopic (exact) mass is 425 g/mol. The van der Waals surface area contributed by atoms with Gasteiger partial charge in [0.05, 0.1) is 12.3 Å². The van der Waals surface area contributed by atoms with Crippen LogP contribution in [0.3, 0.4) is 0 Å². The van der Waals surface area contributed by atoms with Gasteiger partial charge in [0.1, 0.15) is 11.5 Å². The molecule has 0 spiro atoms. The number of anilines is 1. The smallest absolute Gasteiger partial charge is 0.306 e. The summed E-state index contributed by atoms with van der Waals surface area (Å²) in [4.78, 5) is 35.6. The van der Waals surface area contributed by atoms with Crippen LogP contribution in [-0.2, 0) is 19.7 Å². The molecule has 0 aromatic heterocycles. The molecule has 1 aliphatic heterocycles. The zero-order chi connectivity index (χ0) is 22.4. The maximum absolute atomic E-state index is 12.3. The number of carbonyl (C=O) groups is 3. The van der Waals surface area contributed by atoms with Crippen LogP contribution in [0.5, 0.6) is 11.5 Å². The van der Waals surface area contributed by atoms with Crippen LogP contribution in [0.25, 0.3) is 0 Å². The molecular formula is C24H27NO6. The summed E-state index contributed by atoms with van der Waals surface area (Å²) in [5.41, 5.74) is 2.07. The number of ether oxygens (including phenoxy) is 3. The number of amides is 1. The Morgan fingerprint density at radius 2 is 1.84 bits per heavy atom. The van der Waals surface area contributed by atoms with Gasteiger partial charge in [0.2, 0.25) is 0 Å². The minimum atomic E-state index is -0.463. The molecule has 0 aliphatic carbocycles. The predicted octanol–water partition coefficient (Wildman–Crippen LogP) is 3.90. The minimum Gasteiger partial charge on any atom is -0.494 e. The summed E-state index contributed by atoms with van der Waals surface area (Å²) in [6.07, 6.45) is 0.637. The molecule has 1 N–H and O–H groups in total. The molecule has 7 heteroatoms. The molecule has 2 aromatic rings. The van der Waals surface area contributed by atoms with Crippen molar-refractivity contribution in [1.82, 2.24) is 0 Å². The lowest BCUT2D eigenvalue weighted by Crippen LogP contribution is -2.25. The van der Waals surface area contributed by atoms with Crippen LogP contribution in [-0.4, -0.2) is 37.5 Å². The van der Waals surface area contributed by atoms with Crippen molar-refractivity contribution in [3.63, 3.8) is 0 Å². The van der Waals surface area contributed by atoms with Crippen molar-refractivity contribution in [2.75, 3.05) is 25.1 Å². The Kier molecular flexibility index (Phi) is 6.95. The summed E-state index contributed by atoms with van der Waals surface area (Å²) in [6, 6.07) is 12.6. The molecule has 0 saturated carbocycles. The van der Waals surface area contributed by atoms with Crippen LogP contribution in [0.15, 0.2) is 42.5 Å². The van der Waals surface area contributed by atoms with E-state index in [1.54, 1.807) is 12.1 Å². The Morgan fingerprint density at radius 3 is 2.55 bits per heavy atom. The molecule has 0 bridgehead atoms. The van der Waals surface area contributed by atoms with Crippen molar-refractivity contribution in [1.29, 1.82) is 0 Å². The summed E-state index contributed by atoms with van der Waals surface area (Å²) >= 11 is 0. The molecule has 0 atom stereocenters. The molecule has 1 aliphatic rings. The van der Waals surface area contributed by atoms with Gasteiger partial charge < -0.3 is 19.5 Å². The van der Waals surface area contributed by atoms with E-state index in [1.165, 1.54) is 11.6 Å². The van der Waals surface area contributed by atoms with Crippen molar-refractivity contribution < 1.29 is 28.6 Å². The third-order valence-corrected chi connectivity index (χ3v) is 4.81. The molecular weight excluding hydrogens is 398 g/mol. The Morgan fingerprint density at radius 1 is 1.10 bits per heavy atom. The molecule has 0 saturated heterocycles. The van der Waals surface area contributed by atoms with Crippen molar-refractivity contribution in [2.45, 2.75) is 39.0 Å². The van der Waals surface area contributed by atoms with Gasteiger partial charge >= 0.3 is 5.97 Å². The molecule has 31 heavy (non-hydrogen) atoms. The normalized spacial score (nSPS) is 12.9. The highest BCUT2D eigenvalue weighted by Gasteiger charge is 2.18. The quantitative estimate of drug-likeness (QED) is 0.392. The number of hydrogen-bond acceptors (Lipinski definition) is 6. The van der Waals surface area contributed by atoms with E-state index in [4.69, 9.17) is 14.2 Å². The summed E-state index contributed by atoms with van der Waals surface area (Å²) < 4.78 is 16.0. The van der Waals surface area contributed by atoms with Crippen molar-refractivity contribution >= 4 is 23.3 Å². The van der Waals surface area contributed by atoms with Gasteiger partial charge in [-0.3, -0.25) is 14.4 Å². The summed E-state index contributed by atoms with van der Waals surface area (Å²) in [5.74, 6) is 0.151. The van der Waals surface area contributed by atoms with E-state index < -0.39 is 5.97 Å². The Labute approximate surface area is 181 Å². The first-order valence-corrected chi connectivity index (χ1v) is 10.2. The predicted molar refractivity (Wildman–Crippen MR) is 116 cm³/mol. The Balaban J connectivity index is 1.38. The van der Waals surface area contributed by atoms with Gasteiger partial charge in [-0.15, -0.1) is 0 Å². The molecule has 0 unspecified atom stereocenters. The van der Waals surface area contributed by atoms with E-state index >= 15 is 0 Å². The average Bonchev–Trinajstić information content (AvgIpc) is 2.74. The van der Waals surface area contributed by atoms with Gasteiger partial charge in [-0.1, -0.05) is 32.9 Å². The number of nitrogens with one attached hydrogen (secondary N) is 1. The molecule has 1 heterocycles. The van der Waals surface area contributed by atoms with E-state index in [0.717, 1.165) is 5.75 Å². The number of fused-ring (bicyclic) bond motifs is 1. The van der Waals surface area contributed by atoms with Gasteiger partial charge in [0, 0.05) is 12.0 Å². The first-order chi connectivity index (χ1) is 14.7.